The number of carbonyl (C=O) groups is 1. The van der Waals surface area contributed by atoms with Gasteiger partial charge in [0.25, 0.3) is 0 Å². The molecule has 1 N–H and O–H groups in total. The molecule has 0 bridgehead atoms. The maximum Gasteiger partial charge on any atom is 0.335 e. The zero-order valence-electron chi connectivity index (χ0n) is 13.9. The van der Waals surface area contributed by atoms with Crippen LogP contribution in [0.25, 0.3) is 0 Å². The summed E-state index contributed by atoms with van der Waals surface area (Å²) >= 11 is 0. The second-order valence-electron chi connectivity index (χ2n) is 4.86. The van der Waals surface area contributed by atoms with Crippen molar-refractivity contribution >= 4 is 11.7 Å². The Morgan fingerprint density at radius 1 is 1.29 bits per heavy atom. The highest BCUT2D eigenvalue weighted by molar-refractivity contribution is 6.01. The molecule has 1 aromatic rings. The summed E-state index contributed by atoms with van der Waals surface area (Å²) in [5.74, 6) is -1.31. The summed E-state index contributed by atoms with van der Waals surface area (Å²) in [5.41, 5.74) is 1.56. The average molecular weight is 331 g/mol. The number of carboxylic acid groups (broad SMARTS) is 1. The number of aromatic carboxylic acids is 1. The van der Waals surface area contributed by atoms with Gasteiger partial charge in [-0.1, -0.05) is 43.3 Å². The zero-order chi connectivity index (χ0) is 17.8. The van der Waals surface area contributed by atoms with Crippen molar-refractivity contribution in [1.29, 1.82) is 0 Å². The largest absolute Gasteiger partial charge is 0.478 e. The molecule has 0 heterocycles. The Hall–Kier alpha value is -2.69. The Morgan fingerprint density at radius 2 is 2.04 bits per heavy atom. The van der Waals surface area contributed by atoms with Crippen molar-refractivity contribution in [1.82, 2.24) is 0 Å². The van der Waals surface area contributed by atoms with E-state index in [0.29, 0.717) is 17.7 Å². The van der Waals surface area contributed by atoms with Gasteiger partial charge in [0.2, 0.25) is 0 Å². The number of oxime groups is 1. The van der Waals surface area contributed by atoms with Crippen LogP contribution in [-0.2, 0) is 4.84 Å². The van der Waals surface area contributed by atoms with E-state index in [1.165, 1.54) is 18.2 Å². The summed E-state index contributed by atoms with van der Waals surface area (Å²) in [7, 11) is 0. The molecular weight excluding hydrogens is 309 g/mol. The first kappa shape index (κ1) is 19.4. The van der Waals surface area contributed by atoms with Crippen LogP contribution in [0, 0.1) is 0 Å². The molecule has 0 saturated carbocycles. The summed E-state index contributed by atoms with van der Waals surface area (Å²) in [6, 6.07) is 6.53. The van der Waals surface area contributed by atoms with Gasteiger partial charge in [0.15, 0.2) is 0 Å². The van der Waals surface area contributed by atoms with Crippen LogP contribution in [0.15, 0.2) is 65.6 Å². The Labute approximate surface area is 141 Å². The van der Waals surface area contributed by atoms with Gasteiger partial charge in [-0.15, -0.1) is 0 Å². The zero-order valence-corrected chi connectivity index (χ0v) is 13.9. The van der Waals surface area contributed by atoms with E-state index in [1.807, 2.05) is 13.8 Å². The van der Waals surface area contributed by atoms with Crippen LogP contribution in [-0.4, -0.2) is 23.4 Å². The van der Waals surface area contributed by atoms with Crippen molar-refractivity contribution in [2.45, 2.75) is 26.7 Å². The second kappa shape index (κ2) is 10.9. The first-order valence-electron chi connectivity index (χ1n) is 7.79. The molecule has 0 amide bonds. The van der Waals surface area contributed by atoms with E-state index in [9.17, 15) is 9.18 Å². The van der Waals surface area contributed by atoms with E-state index in [2.05, 4.69) is 5.16 Å². The molecule has 0 aliphatic carbocycles. The quantitative estimate of drug-likeness (QED) is 0.303. The average Bonchev–Trinajstić information content (AvgIpc) is 2.59. The summed E-state index contributed by atoms with van der Waals surface area (Å²) in [5, 5.41) is 13.0. The topological polar surface area (TPSA) is 58.9 Å². The lowest BCUT2D eigenvalue weighted by molar-refractivity contribution is 0.0697. The highest BCUT2D eigenvalue weighted by atomic mass is 19.1. The third-order valence-electron chi connectivity index (χ3n) is 3.03. The predicted octanol–water partition coefficient (Wildman–Crippen LogP) is 4.89. The number of benzene rings is 1. The minimum atomic E-state index is -0.984. The molecule has 5 heteroatoms. The van der Waals surface area contributed by atoms with E-state index < -0.39 is 5.97 Å². The Kier molecular flexibility index (Phi) is 8.82. The lowest BCUT2D eigenvalue weighted by atomic mass is 10.1. The van der Waals surface area contributed by atoms with Gasteiger partial charge < -0.3 is 9.94 Å². The van der Waals surface area contributed by atoms with E-state index in [1.54, 1.807) is 36.4 Å². The number of halogens is 1. The maximum atomic E-state index is 13.2. The molecule has 24 heavy (non-hydrogen) atoms. The number of carboxylic acids is 1. The minimum Gasteiger partial charge on any atom is -0.478 e. The first-order chi connectivity index (χ1) is 11.6. The number of hydrogen-bond donors (Lipinski definition) is 1. The monoisotopic (exact) mass is 331 g/mol. The second-order valence-corrected chi connectivity index (χ2v) is 4.86. The number of hydrogen-bond acceptors (Lipinski definition) is 3. The summed E-state index contributed by atoms with van der Waals surface area (Å²) in [4.78, 5) is 16.2. The number of nitrogens with zero attached hydrogens (tertiary/aromatic N) is 1. The third kappa shape index (κ3) is 7.05. The summed E-state index contributed by atoms with van der Waals surface area (Å²) in [6.07, 6.45) is 9.07. The van der Waals surface area contributed by atoms with Gasteiger partial charge in [0.1, 0.15) is 12.4 Å². The predicted molar refractivity (Wildman–Crippen MR) is 93.9 cm³/mol. The van der Waals surface area contributed by atoms with Crippen molar-refractivity contribution in [3.05, 3.63) is 71.6 Å². The maximum absolute atomic E-state index is 13.2. The van der Waals surface area contributed by atoms with Crippen molar-refractivity contribution in [3.63, 3.8) is 0 Å². The molecular formula is C19H22FNO3. The van der Waals surface area contributed by atoms with Crippen molar-refractivity contribution < 1.29 is 19.1 Å². The molecule has 0 aliphatic heterocycles. The van der Waals surface area contributed by atoms with Gasteiger partial charge in [-0.3, -0.25) is 0 Å². The molecule has 0 aliphatic rings. The molecule has 1 rings (SSSR count). The summed E-state index contributed by atoms with van der Waals surface area (Å²) < 4.78 is 13.2. The van der Waals surface area contributed by atoms with E-state index in [0.717, 1.165) is 6.42 Å². The molecule has 4 nitrogen and oxygen atoms in total. The van der Waals surface area contributed by atoms with E-state index in [4.69, 9.17) is 9.94 Å². The Morgan fingerprint density at radius 3 is 2.71 bits per heavy atom. The first-order valence-corrected chi connectivity index (χ1v) is 7.79. The van der Waals surface area contributed by atoms with Crippen LogP contribution in [0.1, 0.15) is 42.6 Å². The SMILES string of the molecule is CC\C=C/C(F)=C\C=C\CO/N=C(\CC)c1cccc(C(=O)O)c1. The van der Waals surface area contributed by atoms with Crippen molar-refractivity contribution in [2.24, 2.45) is 5.16 Å². The highest BCUT2D eigenvalue weighted by Gasteiger charge is 2.07. The van der Waals surface area contributed by atoms with Crippen LogP contribution in [0.3, 0.4) is 0 Å². The van der Waals surface area contributed by atoms with Gasteiger partial charge in [0, 0.05) is 5.56 Å². The van der Waals surface area contributed by atoms with Crippen LogP contribution in [0.5, 0.6) is 0 Å². The fraction of sp³-hybridized carbons (Fsp3) is 0.263. The minimum absolute atomic E-state index is 0.198. The molecule has 0 radical (unpaired) electrons. The fourth-order valence-electron chi connectivity index (χ4n) is 1.81. The Bertz CT molecular complexity index is 660. The van der Waals surface area contributed by atoms with E-state index >= 15 is 0 Å². The normalized spacial score (nSPS) is 13.0. The molecule has 0 saturated heterocycles. The van der Waals surface area contributed by atoms with Gasteiger partial charge in [0.05, 0.1) is 11.3 Å². The van der Waals surface area contributed by atoms with Gasteiger partial charge in [-0.05, 0) is 43.2 Å². The lowest BCUT2D eigenvalue weighted by Gasteiger charge is -2.04. The van der Waals surface area contributed by atoms with Crippen LogP contribution in [0.2, 0.25) is 0 Å². The highest BCUT2D eigenvalue weighted by Crippen LogP contribution is 2.09. The third-order valence-corrected chi connectivity index (χ3v) is 3.03. The molecule has 0 aromatic heterocycles. The van der Waals surface area contributed by atoms with Crippen LogP contribution >= 0.6 is 0 Å². The van der Waals surface area contributed by atoms with Crippen LogP contribution < -0.4 is 0 Å². The van der Waals surface area contributed by atoms with Gasteiger partial charge in [-0.2, -0.15) is 0 Å². The Balaban J connectivity index is 2.63. The standard InChI is InChI=1S/C19H22FNO3/c1-3-5-11-17(20)12-6-7-13-24-21-18(4-2)15-9-8-10-16(14-15)19(22)23/h5-12,14H,3-4,13H2,1-2H3,(H,22,23)/b7-6+,11-5-,17-12+,21-18+. The van der Waals surface area contributed by atoms with Crippen molar-refractivity contribution in [2.75, 3.05) is 6.61 Å². The smallest absolute Gasteiger partial charge is 0.335 e. The van der Waals surface area contributed by atoms with E-state index in [-0.39, 0.29) is 18.0 Å². The lowest BCUT2D eigenvalue weighted by Crippen LogP contribution is -2.04. The fourth-order valence-corrected chi connectivity index (χ4v) is 1.81. The molecule has 128 valence electrons. The number of rotatable bonds is 9. The molecule has 0 fully saturated rings. The summed E-state index contributed by atoms with van der Waals surface area (Å²) in [6.45, 7) is 4.04. The molecule has 1 aromatic carbocycles. The van der Waals surface area contributed by atoms with Crippen LogP contribution in [0.4, 0.5) is 4.39 Å². The molecule has 0 spiro atoms. The molecule has 0 unspecified atom stereocenters. The van der Waals surface area contributed by atoms with Gasteiger partial charge in [-0.25, -0.2) is 9.18 Å². The van der Waals surface area contributed by atoms with Gasteiger partial charge >= 0.3 is 5.97 Å². The number of allylic oxidation sites excluding steroid dienone is 5. The van der Waals surface area contributed by atoms with Crippen molar-refractivity contribution in [3.8, 4) is 0 Å². The molecule has 0 atom stereocenters.